The van der Waals surface area contributed by atoms with Crippen molar-refractivity contribution in [1.82, 2.24) is 9.97 Å². The van der Waals surface area contributed by atoms with Crippen molar-refractivity contribution >= 4 is 39.5 Å². The molecule has 1 aliphatic heterocycles. The Kier molecular flexibility index (Phi) is 4.27. The van der Waals surface area contributed by atoms with E-state index in [-0.39, 0.29) is 11.7 Å². The Morgan fingerprint density at radius 2 is 1.93 bits per heavy atom. The number of fused-ring (bicyclic) bond motifs is 3. The summed E-state index contributed by atoms with van der Waals surface area (Å²) >= 11 is 0. The van der Waals surface area contributed by atoms with Crippen LogP contribution in [0, 0.1) is 0 Å². The summed E-state index contributed by atoms with van der Waals surface area (Å²) in [5.74, 6) is 1.09. The number of hydrogen-bond acceptors (Lipinski definition) is 6. The molecule has 29 heavy (non-hydrogen) atoms. The summed E-state index contributed by atoms with van der Waals surface area (Å²) in [6.07, 6.45) is 2.19. The van der Waals surface area contributed by atoms with Crippen LogP contribution in [0.2, 0.25) is 0 Å². The fourth-order valence-corrected chi connectivity index (χ4v) is 3.71. The minimum atomic E-state index is -0.370. The summed E-state index contributed by atoms with van der Waals surface area (Å²) in [7, 11) is 1.59. The number of anilines is 2. The van der Waals surface area contributed by atoms with Crippen molar-refractivity contribution in [3.05, 3.63) is 54.4 Å². The maximum atomic E-state index is 13.0. The van der Waals surface area contributed by atoms with E-state index in [0.717, 1.165) is 36.9 Å². The summed E-state index contributed by atoms with van der Waals surface area (Å²) < 4.78 is 11.3. The highest BCUT2D eigenvalue weighted by atomic mass is 16.5. The number of amides is 1. The molecule has 3 heterocycles. The van der Waals surface area contributed by atoms with E-state index in [1.165, 1.54) is 0 Å². The molecule has 2 aromatic carbocycles. The molecule has 0 unspecified atom stereocenters. The number of rotatable bonds is 4. The molecule has 1 fully saturated rings. The predicted molar refractivity (Wildman–Crippen MR) is 112 cm³/mol. The number of hydrogen-bond donors (Lipinski definition) is 1. The van der Waals surface area contributed by atoms with Gasteiger partial charge >= 0.3 is 0 Å². The molecule has 2 aromatic heterocycles. The van der Waals surface area contributed by atoms with E-state index in [1.807, 2.05) is 36.4 Å². The normalized spacial score (nSPS) is 13.9. The van der Waals surface area contributed by atoms with Crippen molar-refractivity contribution < 1.29 is 13.9 Å². The van der Waals surface area contributed by atoms with Crippen molar-refractivity contribution in [1.29, 1.82) is 0 Å². The number of para-hydroxylation sites is 1. The van der Waals surface area contributed by atoms with Gasteiger partial charge < -0.3 is 19.4 Å². The van der Waals surface area contributed by atoms with E-state index in [4.69, 9.17) is 9.15 Å². The Morgan fingerprint density at radius 3 is 2.76 bits per heavy atom. The Bertz CT molecular complexity index is 1210. The van der Waals surface area contributed by atoms with Crippen LogP contribution in [-0.2, 0) is 0 Å². The molecule has 1 saturated heterocycles. The average molecular weight is 388 g/mol. The number of carbonyl (C=O) groups is 1. The third-order valence-electron chi connectivity index (χ3n) is 5.14. The zero-order valence-corrected chi connectivity index (χ0v) is 16.0. The lowest BCUT2D eigenvalue weighted by Crippen LogP contribution is -2.22. The number of benzene rings is 2. The van der Waals surface area contributed by atoms with Gasteiger partial charge in [0.2, 0.25) is 5.82 Å². The molecule has 1 amide bonds. The first-order chi connectivity index (χ1) is 14.2. The van der Waals surface area contributed by atoms with Gasteiger partial charge in [0.1, 0.15) is 16.8 Å². The molecule has 0 saturated carbocycles. The van der Waals surface area contributed by atoms with Crippen molar-refractivity contribution in [2.45, 2.75) is 12.8 Å². The number of nitrogens with zero attached hydrogens (tertiary/aromatic N) is 3. The molecule has 7 heteroatoms. The molecule has 0 aliphatic carbocycles. The molecule has 0 bridgehead atoms. The minimum absolute atomic E-state index is 0.119. The van der Waals surface area contributed by atoms with E-state index < -0.39 is 0 Å². The number of nitrogens with one attached hydrogen (secondary N) is 1. The first-order valence-corrected chi connectivity index (χ1v) is 9.62. The van der Waals surface area contributed by atoms with E-state index in [1.54, 1.807) is 19.2 Å². The van der Waals surface area contributed by atoms with Crippen LogP contribution in [0.5, 0.6) is 5.75 Å². The standard InChI is InChI=1S/C22H20N4O3/c1-28-15-8-6-7-14(13-15)23-22(27)20-24-18-16-9-2-3-10-17(16)29-19(18)21(25-20)26-11-4-5-12-26/h2-3,6-10,13H,4-5,11-12H2,1H3,(H,23,27). The zero-order valence-electron chi connectivity index (χ0n) is 16.0. The fraction of sp³-hybridized carbons (Fsp3) is 0.227. The molecule has 0 spiro atoms. The van der Waals surface area contributed by atoms with Crippen molar-refractivity contribution in [2.75, 3.05) is 30.4 Å². The van der Waals surface area contributed by atoms with Gasteiger partial charge in [-0.1, -0.05) is 18.2 Å². The second-order valence-corrected chi connectivity index (χ2v) is 7.03. The second-order valence-electron chi connectivity index (χ2n) is 7.03. The number of ether oxygens (including phenoxy) is 1. The van der Waals surface area contributed by atoms with Crippen LogP contribution in [-0.4, -0.2) is 36.1 Å². The molecule has 7 nitrogen and oxygen atoms in total. The lowest BCUT2D eigenvalue weighted by Gasteiger charge is -2.17. The lowest BCUT2D eigenvalue weighted by molar-refractivity contribution is 0.101. The molecule has 4 aromatic rings. The van der Waals surface area contributed by atoms with Gasteiger partial charge in [-0.15, -0.1) is 0 Å². The van der Waals surface area contributed by atoms with Gasteiger partial charge in [0.05, 0.1) is 7.11 Å². The topological polar surface area (TPSA) is 80.5 Å². The van der Waals surface area contributed by atoms with Gasteiger partial charge in [-0.2, -0.15) is 0 Å². The van der Waals surface area contributed by atoms with Crippen LogP contribution in [0.3, 0.4) is 0 Å². The van der Waals surface area contributed by atoms with Crippen molar-refractivity contribution in [3.8, 4) is 5.75 Å². The van der Waals surface area contributed by atoms with Crippen LogP contribution < -0.4 is 15.0 Å². The van der Waals surface area contributed by atoms with E-state index in [2.05, 4.69) is 20.2 Å². The minimum Gasteiger partial charge on any atom is -0.497 e. The molecule has 0 radical (unpaired) electrons. The Morgan fingerprint density at radius 1 is 1.10 bits per heavy atom. The van der Waals surface area contributed by atoms with Gasteiger partial charge in [0, 0.05) is 30.2 Å². The molecular formula is C22H20N4O3. The van der Waals surface area contributed by atoms with E-state index >= 15 is 0 Å². The van der Waals surface area contributed by atoms with E-state index in [9.17, 15) is 4.79 Å². The molecule has 0 atom stereocenters. The molecule has 146 valence electrons. The Labute approximate surface area is 167 Å². The average Bonchev–Trinajstić information content (AvgIpc) is 3.41. The monoisotopic (exact) mass is 388 g/mol. The van der Waals surface area contributed by atoms with Crippen LogP contribution in [0.4, 0.5) is 11.5 Å². The third kappa shape index (κ3) is 3.14. The maximum Gasteiger partial charge on any atom is 0.293 e. The van der Waals surface area contributed by atoms with Gasteiger partial charge in [-0.3, -0.25) is 4.79 Å². The molecule has 1 N–H and O–H groups in total. The predicted octanol–water partition coefficient (Wildman–Crippen LogP) is 4.24. The summed E-state index contributed by atoms with van der Waals surface area (Å²) in [5, 5.41) is 3.74. The van der Waals surface area contributed by atoms with E-state index in [0.29, 0.717) is 28.4 Å². The van der Waals surface area contributed by atoms with Crippen molar-refractivity contribution in [3.63, 3.8) is 0 Å². The Hall–Kier alpha value is -3.61. The van der Waals surface area contributed by atoms with Crippen molar-refractivity contribution in [2.24, 2.45) is 0 Å². The van der Waals surface area contributed by atoms with Crippen LogP contribution >= 0.6 is 0 Å². The van der Waals surface area contributed by atoms with Gasteiger partial charge in [0.15, 0.2) is 11.4 Å². The maximum absolute atomic E-state index is 13.0. The quantitative estimate of drug-likeness (QED) is 0.563. The highest BCUT2D eigenvalue weighted by Gasteiger charge is 2.24. The fourth-order valence-electron chi connectivity index (χ4n) is 3.71. The summed E-state index contributed by atoms with van der Waals surface area (Å²) in [6, 6.07) is 14.9. The highest BCUT2D eigenvalue weighted by molar-refractivity contribution is 6.09. The molecule has 5 rings (SSSR count). The number of methoxy groups -OCH3 is 1. The second kappa shape index (κ2) is 7.09. The zero-order chi connectivity index (χ0) is 19.8. The van der Waals surface area contributed by atoms with Crippen LogP contribution in [0.1, 0.15) is 23.5 Å². The summed E-state index contributed by atoms with van der Waals surface area (Å²) in [6.45, 7) is 1.78. The lowest BCUT2D eigenvalue weighted by atomic mass is 10.2. The molecule has 1 aliphatic rings. The summed E-state index contributed by atoms with van der Waals surface area (Å²) in [4.78, 5) is 24.3. The number of furan rings is 1. The number of aromatic nitrogens is 2. The Balaban J connectivity index is 1.61. The first-order valence-electron chi connectivity index (χ1n) is 9.62. The van der Waals surface area contributed by atoms with Gasteiger partial charge in [-0.25, -0.2) is 9.97 Å². The SMILES string of the molecule is COc1cccc(NC(=O)c2nc(N3CCCC3)c3oc4ccccc4c3n2)c1. The number of carbonyl (C=O) groups excluding carboxylic acids is 1. The van der Waals surface area contributed by atoms with Crippen LogP contribution in [0.25, 0.3) is 22.1 Å². The first kappa shape index (κ1) is 17.5. The third-order valence-corrected chi connectivity index (χ3v) is 5.14. The van der Waals surface area contributed by atoms with Gasteiger partial charge in [0.25, 0.3) is 5.91 Å². The largest absolute Gasteiger partial charge is 0.497 e. The van der Waals surface area contributed by atoms with Gasteiger partial charge in [-0.05, 0) is 37.1 Å². The molecular weight excluding hydrogens is 368 g/mol. The smallest absolute Gasteiger partial charge is 0.293 e. The van der Waals surface area contributed by atoms with Crippen LogP contribution in [0.15, 0.2) is 52.9 Å². The summed E-state index contributed by atoms with van der Waals surface area (Å²) in [5.41, 5.74) is 2.65. The highest BCUT2D eigenvalue weighted by Crippen LogP contribution is 2.34.